The van der Waals surface area contributed by atoms with Crippen LogP contribution in [0, 0.1) is 5.82 Å². The van der Waals surface area contributed by atoms with Gasteiger partial charge >= 0.3 is 5.97 Å². The van der Waals surface area contributed by atoms with Crippen molar-refractivity contribution >= 4 is 5.97 Å². The fraction of sp³-hybridized carbons (Fsp3) is 0.462. The fourth-order valence-corrected chi connectivity index (χ4v) is 1.79. The molecular formula is C13H18FNO2. The molecule has 3 nitrogen and oxygen atoms in total. The summed E-state index contributed by atoms with van der Waals surface area (Å²) < 4.78 is 12.7. The van der Waals surface area contributed by atoms with Gasteiger partial charge in [-0.15, -0.1) is 0 Å². The van der Waals surface area contributed by atoms with Crippen molar-refractivity contribution in [3.8, 4) is 0 Å². The molecule has 0 spiro atoms. The fourth-order valence-electron chi connectivity index (χ4n) is 1.79. The Balaban J connectivity index is 2.49. The minimum atomic E-state index is -0.797. The normalized spacial score (nSPS) is 12.7. The van der Waals surface area contributed by atoms with Crippen LogP contribution >= 0.6 is 0 Å². The van der Waals surface area contributed by atoms with Gasteiger partial charge in [0.2, 0.25) is 0 Å². The van der Waals surface area contributed by atoms with Crippen molar-refractivity contribution in [2.75, 3.05) is 13.6 Å². The zero-order chi connectivity index (χ0) is 12.8. The molecule has 0 aliphatic rings. The van der Waals surface area contributed by atoms with Gasteiger partial charge in [0, 0.05) is 6.54 Å². The Labute approximate surface area is 101 Å². The van der Waals surface area contributed by atoms with Crippen molar-refractivity contribution in [1.82, 2.24) is 4.90 Å². The molecule has 1 unspecified atom stereocenters. The smallest absolute Gasteiger partial charge is 0.320 e. The standard InChI is InChI=1S/C13H18FNO2/c1-3-12(13(16)17)15(2)9-8-10-4-6-11(14)7-5-10/h4-7,12H,3,8-9H2,1-2H3,(H,16,17). The number of halogens is 1. The lowest BCUT2D eigenvalue weighted by molar-refractivity contribution is -0.142. The summed E-state index contributed by atoms with van der Waals surface area (Å²) >= 11 is 0. The number of nitrogens with zero attached hydrogens (tertiary/aromatic N) is 1. The van der Waals surface area contributed by atoms with Gasteiger partial charge in [-0.05, 0) is 37.6 Å². The predicted molar refractivity (Wildman–Crippen MR) is 64.4 cm³/mol. The Morgan fingerprint density at radius 1 is 1.41 bits per heavy atom. The largest absolute Gasteiger partial charge is 0.480 e. The van der Waals surface area contributed by atoms with Crippen LogP contribution in [0.4, 0.5) is 4.39 Å². The first-order valence-electron chi connectivity index (χ1n) is 5.72. The van der Waals surface area contributed by atoms with Crippen LogP contribution < -0.4 is 0 Å². The summed E-state index contributed by atoms with van der Waals surface area (Å²) in [5.41, 5.74) is 1.01. The van der Waals surface area contributed by atoms with Crippen LogP contribution in [0.25, 0.3) is 0 Å². The number of aliphatic carboxylic acids is 1. The van der Waals surface area contributed by atoms with Gasteiger partial charge in [-0.3, -0.25) is 9.69 Å². The zero-order valence-corrected chi connectivity index (χ0v) is 10.2. The lowest BCUT2D eigenvalue weighted by Crippen LogP contribution is -2.39. The van der Waals surface area contributed by atoms with Crippen molar-refractivity contribution in [1.29, 1.82) is 0 Å². The van der Waals surface area contributed by atoms with E-state index >= 15 is 0 Å². The summed E-state index contributed by atoms with van der Waals surface area (Å²) in [6, 6.07) is 5.85. The van der Waals surface area contributed by atoms with Gasteiger partial charge in [0.1, 0.15) is 11.9 Å². The summed E-state index contributed by atoms with van der Waals surface area (Å²) in [4.78, 5) is 12.7. The second-order valence-electron chi connectivity index (χ2n) is 4.12. The first kappa shape index (κ1) is 13.6. The summed E-state index contributed by atoms with van der Waals surface area (Å²) in [5, 5.41) is 8.99. The molecule has 0 aromatic heterocycles. The van der Waals surface area contributed by atoms with Gasteiger partial charge in [-0.25, -0.2) is 4.39 Å². The number of carboxylic acids is 1. The topological polar surface area (TPSA) is 40.5 Å². The van der Waals surface area contributed by atoms with Crippen molar-refractivity contribution in [2.24, 2.45) is 0 Å². The summed E-state index contributed by atoms with van der Waals surface area (Å²) in [6.07, 6.45) is 1.30. The Bertz CT molecular complexity index is 364. The highest BCUT2D eigenvalue weighted by Gasteiger charge is 2.19. The molecule has 1 aromatic carbocycles. The number of rotatable bonds is 6. The second kappa shape index (κ2) is 6.35. The van der Waals surface area contributed by atoms with E-state index < -0.39 is 12.0 Å². The maximum Gasteiger partial charge on any atom is 0.320 e. The van der Waals surface area contributed by atoms with Gasteiger partial charge in [-0.2, -0.15) is 0 Å². The van der Waals surface area contributed by atoms with Crippen molar-refractivity contribution in [2.45, 2.75) is 25.8 Å². The number of carboxylic acid groups (broad SMARTS) is 1. The highest BCUT2D eigenvalue weighted by molar-refractivity contribution is 5.73. The number of hydrogen-bond donors (Lipinski definition) is 1. The molecule has 0 saturated heterocycles. The minimum absolute atomic E-state index is 0.251. The van der Waals surface area contributed by atoms with E-state index in [1.54, 1.807) is 19.2 Å². The third kappa shape index (κ3) is 4.15. The van der Waals surface area contributed by atoms with Crippen molar-refractivity contribution in [3.63, 3.8) is 0 Å². The van der Waals surface area contributed by atoms with Gasteiger partial charge < -0.3 is 5.11 Å². The lowest BCUT2D eigenvalue weighted by Gasteiger charge is -2.23. The van der Waals surface area contributed by atoms with E-state index in [0.29, 0.717) is 13.0 Å². The molecule has 0 aliphatic heterocycles. The highest BCUT2D eigenvalue weighted by Crippen LogP contribution is 2.07. The molecule has 0 amide bonds. The van der Waals surface area contributed by atoms with Gasteiger partial charge in [-0.1, -0.05) is 19.1 Å². The SMILES string of the molecule is CCC(C(=O)O)N(C)CCc1ccc(F)cc1. The van der Waals surface area contributed by atoms with Crippen LogP contribution in [0.5, 0.6) is 0 Å². The molecular weight excluding hydrogens is 221 g/mol. The van der Waals surface area contributed by atoms with E-state index in [1.165, 1.54) is 12.1 Å². The monoisotopic (exact) mass is 239 g/mol. The van der Waals surface area contributed by atoms with E-state index in [1.807, 2.05) is 11.8 Å². The van der Waals surface area contributed by atoms with Crippen LogP contribution in [0.2, 0.25) is 0 Å². The second-order valence-corrected chi connectivity index (χ2v) is 4.12. The average molecular weight is 239 g/mol. The van der Waals surface area contributed by atoms with E-state index in [4.69, 9.17) is 5.11 Å². The van der Waals surface area contributed by atoms with Gasteiger partial charge in [0.15, 0.2) is 0 Å². The zero-order valence-electron chi connectivity index (χ0n) is 10.2. The van der Waals surface area contributed by atoms with E-state index in [-0.39, 0.29) is 5.82 Å². The molecule has 1 atom stereocenters. The Kier molecular flexibility index (Phi) is 5.10. The average Bonchev–Trinajstić information content (AvgIpc) is 2.28. The van der Waals surface area contributed by atoms with E-state index in [9.17, 15) is 9.18 Å². The Morgan fingerprint density at radius 2 is 2.00 bits per heavy atom. The molecule has 1 rings (SSSR count). The highest BCUT2D eigenvalue weighted by atomic mass is 19.1. The van der Waals surface area contributed by atoms with E-state index in [0.717, 1.165) is 12.0 Å². The van der Waals surface area contributed by atoms with Crippen LogP contribution in [0.15, 0.2) is 24.3 Å². The molecule has 94 valence electrons. The molecule has 1 aromatic rings. The van der Waals surface area contributed by atoms with Crippen LogP contribution in [0.3, 0.4) is 0 Å². The maximum atomic E-state index is 12.7. The molecule has 1 N–H and O–H groups in total. The molecule has 0 aliphatic carbocycles. The summed E-state index contributed by atoms with van der Waals surface area (Å²) in [6.45, 7) is 2.50. The molecule has 0 fully saturated rings. The quantitative estimate of drug-likeness (QED) is 0.827. The number of likely N-dealkylation sites (N-methyl/N-ethyl adjacent to an activating group) is 1. The Hall–Kier alpha value is -1.42. The first-order chi connectivity index (χ1) is 8.04. The molecule has 0 heterocycles. The Morgan fingerprint density at radius 3 is 2.47 bits per heavy atom. The van der Waals surface area contributed by atoms with Crippen LogP contribution in [-0.4, -0.2) is 35.6 Å². The van der Waals surface area contributed by atoms with Gasteiger partial charge in [0.05, 0.1) is 0 Å². The number of hydrogen-bond acceptors (Lipinski definition) is 2. The third-order valence-electron chi connectivity index (χ3n) is 2.87. The minimum Gasteiger partial charge on any atom is -0.480 e. The molecule has 0 bridgehead atoms. The first-order valence-corrected chi connectivity index (χ1v) is 5.72. The predicted octanol–water partition coefficient (Wildman–Crippen LogP) is 2.16. The van der Waals surface area contributed by atoms with Crippen LogP contribution in [0.1, 0.15) is 18.9 Å². The summed E-state index contributed by atoms with van der Waals surface area (Å²) in [5.74, 6) is -1.05. The van der Waals surface area contributed by atoms with E-state index in [2.05, 4.69) is 0 Å². The lowest BCUT2D eigenvalue weighted by atomic mass is 10.1. The van der Waals surface area contributed by atoms with Crippen molar-refractivity contribution in [3.05, 3.63) is 35.6 Å². The van der Waals surface area contributed by atoms with Crippen LogP contribution in [-0.2, 0) is 11.2 Å². The summed E-state index contributed by atoms with van der Waals surface area (Å²) in [7, 11) is 1.80. The third-order valence-corrected chi connectivity index (χ3v) is 2.87. The number of carbonyl (C=O) groups is 1. The van der Waals surface area contributed by atoms with Gasteiger partial charge in [0.25, 0.3) is 0 Å². The molecule has 0 saturated carbocycles. The van der Waals surface area contributed by atoms with Crippen molar-refractivity contribution < 1.29 is 14.3 Å². The number of benzene rings is 1. The molecule has 17 heavy (non-hydrogen) atoms. The molecule has 4 heteroatoms. The maximum absolute atomic E-state index is 12.7. The molecule has 0 radical (unpaired) electrons.